The average molecular weight is 339 g/mol. The molecule has 4 heteroatoms. The minimum atomic E-state index is -0.368. The maximum absolute atomic E-state index is 10.7. The Kier molecular flexibility index (Phi) is 3.42. The number of rotatable bonds is 2. The Hall–Kier alpha value is -1.43. The smallest absolute Gasteiger partial charge is 0.258 e. The third-order valence-electron chi connectivity index (χ3n) is 2.57. The fourth-order valence-electron chi connectivity index (χ4n) is 1.69. The monoisotopic (exact) mass is 339 g/mol. The summed E-state index contributed by atoms with van der Waals surface area (Å²) in [5.74, 6) is 0. The van der Waals surface area contributed by atoms with Gasteiger partial charge in [-0.1, -0.05) is 18.2 Å². The summed E-state index contributed by atoms with van der Waals surface area (Å²) in [6.45, 7) is 2.00. The van der Waals surface area contributed by atoms with Crippen molar-refractivity contribution in [1.29, 1.82) is 0 Å². The van der Waals surface area contributed by atoms with E-state index >= 15 is 0 Å². The number of halogens is 1. The molecule has 2 aromatic carbocycles. The van der Waals surface area contributed by atoms with E-state index in [9.17, 15) is 10.1 Å². The first-order valence-electron chi connectivity index (χ1n) is 5.09. The van der Waals surface area contributed by atoms with Crippen LogP contribution in [0.2, 0.25) is 0 Å². The maximum atomic E-state index is 10.7. The largest absolute Gasteiger partial charge is 0.270 e. The summed E-state index contributed by atoms with van der Waals surface area (Å²) in [7, 11) is 0. The van der Waals surface area contributed by atoms with Gasteiger partial charge in [-0.3, -0.25) is 10.1 Å². The predicted molar refractivity (Wildman–Crippen MR) is 76.0 cm³/mol. The van der Waals surface area contributed by atoms with E-state index in [1.807, 2.05) is 31.2 Å². The molecule has 0 aliphatic heterocycles. The Bertz CT molecular complexity index is 581. The van der Waals surface area contributed by atoms with Gasteiger partial charge >= 0.3 is 0 Å². The highest BCUT2D eigenvalue weighted by Crippen LogP contribution is 2.27. The van der Waals surface area contributed by atoms with Crippen molar-refractivity contribution in [3.05, 3.63) is 61.7 Å². The molecule has 0 amide bonds. The van der Waals surface area contributed by atoms with Crippen molar-refractivity contribution in [2.45, 2.75) is 6.92 Å². The van der Waals surface area contributed by atoms with E-state index in [0.29, 0.717) is 0 Å². The van der Waals surface area contributed by atoms with E-state index in [1.165, 1.54) is 6.07 Å². The molecule has 3 nitrogen and oxygen atoms in total. The van der Waals surface area contributed by atoms with Crippen LogP contribution in [0.3, 0.4) is 0 Å². The number of benzene rings is 2. The van der Waals surface area contributed by atoms with Crippen LogP contribution in [-0.2, 0) is 0 Å². The molecule has 0 heterocycles. The summed E-state index contributed by atoms with van der Waals surface area (Å²) in [4.78, 5) is 10.4. The molecule has 0 N–H and O–H groups in total. The zero-order valence-electron chi connectivity index (χ0n) is 9.18. The molecule has 17 heavy (non-hydrogen) atoms. The van der Waals surface area contributed by atoms with Crippen LogP contribution >= 0.6 is 22.6 Å². The molecule has 0 aromatic heterocycles. The summed E-state index contributed by atoms with van der Waals surface area (Å²) >= 11 is 2.24. The van der Waals surface area contributed by atoms with E-state index in [-0.39, 0.29) is 10.6 Å². The molecule has 86 valence electrons. The van der Waals surface area contributed by atoms with Gasteiger partial charge in [0, 0.05) is 15.7 Å². The molecule has 0 spiro atoms. The molecule has 0 fully saturated rings. The SMILES string of the molecule is Cc1ccc(I)cc1-c1cccc([N+](=O)[O-])c1. The van der Waals surface area contributed by atoms with Gasteiger partial charge in [0.1, 0.15) is 0 Å². The minimum Gasteiger partial charge on any atom is -0.258 e. The maximum Gasteiger partial charge on any atom is 0.270 e. The van der Waals surface area contributed by atoms with Gasteiger partial charge in [-0.05, 0) is 58.3 Å². The average Bonchev–Trinajstić information content (AvgIpc) is 2.32. The van der Waals surface area contributed by atoms with E-state index in [4.69, 9.17) is 0 Å². The van der Waals surface area contributed by atoms with Gasteiger partial charge in [0.25, 0.3) is 5.69 Å². The molecule has 0 saturated heterocycles. The van der Waals surface area contributed by atoms with Crippen molar-refractivity contribution in [3.63, 3.8) is 0 Å². The summed E-state index contributed by atoms with van der Waals surface area (Å²) in [5.41, 5.74) is 3.17. The fourth-order valence-corrected chi connectivity index (χ4v) is 2.18. The van der Waals surface area contributed by atoms with Crippen LogP contribution in [0, 0.1) is 20.6 Å². The molecule has 2 aromatic rings. The van der Waals surface area contributed by atoms with E-state index in [2.05, 4.69) is 22.6 Å². The topological polar surface area (TPSA) is 43.1 Å². The molecular weight excluding hydrogens is 329 g/mol. The lowest BCUT2D eigenvalue weighted by Crippen LogP contribution is -1.89. The summed E-state index contributed by atoms with van der Waals surface area (Å²) in [6.07, 6.45) is 0. The molecule has 0 aliphatic rings. The number of hydrogen-bond donors (Lipinski definition) is 0. The van der Waals surface area contributed by atoms with Crippen molar-refractivity contribution in [1.82, 2.24) is 0 Å². The van der Waals surface area contributed by atoms with E-state index < -0.39 is 0 Å². The van der Waals surface area contributed by atoms with Gasteiger partial charge in [-0.25, -0.2) is 0 Å². The highest BCUT2D eigenvalue weighted by atomic mass is 127. The molecular formula is C13H10INO2. The van der Waals surface area contributed by atoms with Crippen molar-refractivity contribution < 1.29 is 4.92 Å². The first-order valence-corrected chi connectivity index (χ1v) is 6.17. The Morgan fingerprint density at radius 3 is 2.65 bits per heavy atom. The highest BCUT2D eigenvalue weighted by molar-refractivity contribution is 14.1. The zero-order chi connectivity index (χ0) is 12.4. The predicted octanol–water partition coefficient (Wildman–Crippen LogP) is 4.17. The second-order valence-electron chi connectivity index (χ2n) is 3.77. The van der Waals surface area contributed by atoms with Crippen LogP contribution in [0.4, 0.5) is 5.69 Å². The lowest BCUT2D eigenvalue weighted by Gasteiger charge is -2.06. The molecule has 0 unspecified atom stereocenters. The normalized spacial score (nSPS) is 10.2. The first kappa shape index (κ1) is 12.0. The summed E-state index contributed by atoms with van der Waals surface area (Å²) in [6, 6.07) is 12.8. The van der Waals surface area contributed by atoms with Crippen LogP contribution in [0.1, 0.15) is 5.56 Å². The van der Waals surface area contributed by atoms with E-state index in [1.54, 1.807) is 12.1 Å². The number of nitrogens with zero attached hydrogens (tertiary/aromatic N) is 1. The van der Waals surface area contributed by atoms with Crippen LogP contribution < -0.4 is 0 Å². The quantitative estimate of drug-likeness (QED) is 0.468. The Labute approximate surface area is 113 Å². The highest BCUT2D eigenvalue weighted by Gasteiger charge is 2.08. The Morgan fingerprint density at radius 2 is 1.94 bits per heavy atom. The standard InChI is InChI=1S/C13H10INO2/c1-9-5-6-11(14)8-13(9)10-3-2-4-12(7-10)15(16)17/h2-8H,1H3. The van der Waals surface area contributed by atoms with Crippen LogP contribution in [-0.4, -0.2) is 4.92 Å². The third kappa shape index (κ3) is 2.63. The Balaban J connectivity index is 2.56. The van der Waals surface area contributed by atoms with E-state index in [0.717, 1.165) is 20.3 Å². The van der Waals surface area contributed by atoms with Gasteiger partial charge < -0.3 is 0 Å². The number of aryl methyl sites for hydroxylation is 1. The fraction of sp³-hybridized carbons (Fsp3) is 0.0769. The van der Waals surface area contributed by atoms with Crippen molar-refractivity contribution in [3.8, 4) is 11.1 Å². The number of hydrogen-bond acceptors (Lipinski definition) is 2. The lowest BCUT2D eigenvalue weighted by atomic mass is 10.0. The minimum absolute atomic E-state index is 0.126. The molecule has 0 atom stereocenters. The summed E-state index contributed by atoms with van der Waals surface area (Å²) < 4.78 is 1.12. The van der Waals surface area contributed by atoms with Gasteiger partial charge in [-0.2, -0.15) is 0 Å². The van der Waals surface area contributed by atoms with Crippen molar-refractivity contribution in [2.24, 2.45) is 0 Å². The van der Waals surface area contributed by atoms with Crippen molar-refractivity contribution in [2.75, 3.05) is 0 Å². The van der Waals surface area contributed by atoms with Crippen LogP contribution in [0.25, 0.3) is 11.1 Å². The number of nitro groups is 1. The van der Waals surface area contributed by atoms with Crippen LogP contribution in [0.5, 0.6) is 0 Å². The Morgan fingerprint density at radius 1 is 1.18 bits per heavy atom. The molecule has 2 rings (SSSR count). The molecule has 0 saturated carbocycles. The number of nitro benzene ring substituents is 1. The van der Waals surface area contributed by atoms with Crippen molar-refractivity contribution >= 4 is 28.3 Å². The molecule has 0 bridgehead atoms. The van der Waals surface area contributed by atoms with Gasteiger partial charge in [-0.15, -0.1) is 0 Å². The van der Waals surface area contributed by atoms with Crippen LogP contribution in [0.15, 0.2) is 42.5 Å². The second kappa shape index (κ2) is 4.83. The zero-order valence-corrected chi connectivity index (χ0v) is 11.3. The van der Waals surface area contributed by atoms with Gasteiger partial charge in [0.2, 0.25) is 0 Å². The van der Waals surface area contributed by atoms with Gasteiger partial charge in [0.15, 0.2) is 0 Å². The second-order valence-corrected chi connectivity index (χ2v) is 5.01. The lowest BCUT2D eigenvalue weighted by molar-refractivity contribution is -0.384. The molecule has 0 aliphatic carbocycles. The first-order chi connectivity index (χ1) is 8.08. The summed E-state index contributed by atoms with van der Waals surface area (Å²) in [5, 5.41) is 10.7. The van der Waals surface area contributed by atoms with Gasteiger partial charge in [0.05, 0.1) is 4.92 Å². The molecule has 0 radical (unpaired) electrons. The third-order valence-corrected chi connectivity index (χ3v) is 3.24. The number of non-ortho nitro benzene ring substituents is 1.